The number of nitrogens with one attached hydrogen (secondary N) is 1. The largest absolute Gasteiger partial charge is 0.381 e. The van der Waals surface area contributed by atoms with E-state index in [1.165, 1.54) is 12.1 Å². The van der Waals surface area contributed by atoms with Gasteiger partial charge in [-0.05, 0) is 18.1 Å². The highest BCUT2D eigenvalue weighted by Gasteiger charge is 2.16. The fraction of sp³-hybridized carbons (Fsp3) is 0.417. The number of nitrogens with two attached hydrogens (primary N) is 1. The Morgan fingerprint density at radius 3 is 2.67 bits per heavy atom. The third-order valence-electron chi connectivity index (χ3n) is 2.73. The molecule has 1 unspecified atom stereocenters. The summed E-state index contributed by atoms with van der Waals surface area (Å²) in [6.07, 6.45) is 0. The van der Waals surface area contributed by atoms with Gasteiger partial charge >= 0.3 is 0 Å². The van der Waals surface area contributed by atoms with E-state index in [2.05, 4.69) is 5.32 Å². The first kappa shape index (κ1) is 13.9. The van der Waals surface area contributed by atoms with Crippen LogP contribution in [-0.4, -0.2) is 17.5 Å². The van der Waals surface area contributed by atoms with Crippen molar-refractivity contribution < 1.29 is 4.92 Å². The van der Waals surface area contributed by atoms with Crippen molar-refractivity contribution in [2.75, 3.05) is 11.9 Å². The lowest BCUT2D eigenvalue weighted by molar-refractivity contribution is -0.385. The minimum atomic E-state index is -0.559. The molecule has 0 heterocycles. The molecule has 0 amide bonds. The average molecular weight is 248 g/mol. The van der Waals surface area contributed by atoms with Crippen LogP contribution in [0, 0.1) is 27.4 Å². The van der Waals surface area contributed by atoms with Crippen LogP contribution in [-0.2, 0) is 0 Å². The minimum Gasteiger partial charge on any atom is -0.381 e. The van der Waals surface area contributed by atoms with Gasteiger partial charge in [-0.15, -0.1) is 0 Å². The number of nitriles is 1. The number of hydrogen-bond acceptors (Lipinski definition) is 5. The lowest BCUT2D eigenvalue weighted by Crippen LogP contribution is -2.33. The zero-order valence-corrected chi connectivity index (χ0v) is 10.4. The molecule has 1 rings (SSSR count). The molecule has 6 nitrogen and oxygen atoms in total. The Kier molecular flexibility index (Phi) is 4.63. The summed E-state index contributed by atoms with van der Waals surface area (Å²) < 4.78 is 0. The Morgan fingerprint density at radius 2 is 2.22 bits per heavy atom. The van der Waals surface area contributed by atoms with Crippen molar-refractivity contribution in [1.82, 2.24) is 0 Å². The van der Waals surface area contributed by atoms with E-state index >= 15 is 0 Å². The van der Waals surface area contributed by atoms with Crippen LogP contribution in [0.5, 0.6) is 0 Å². The predicted molar refractivity (Wildman–Crippen MR) is 69.1 cm³/mol. The van der Waals surface area contributed by atoms with Crippen molar-refractivity contribution in [1.29, 1.82) is 5.26 Å². The zero-order valence-electron chi connectivity index (χ0n) is 10.4. The Labute approximate surface area is 106 Å². The first-order valence-corrected chi connectivity index (χ1v) is 5.64. The van der Waals surface area contributed by atoms with E-state index < -0.39 is 4.92 Å². The number of rotatable bonds is 5. The van der Waals surface area contributed by atoms with Gasteiger partial charge in [0.25, 0.3) is 5.69 Å². The first-order valence-electron chi connectivity index (χ1n) is 5.64. The Morgan fingerprint density at radius 1 is 1.56 bits per heavy atom. The number of nitrogens with zero attached hydrogens (tertiary/aromatic N) is 2. The quantitative estimate of drug-likeness (QED) is 0.611. The maximum absolute atomic E-state index is 10.8. The van der Waals surface area contributed by atoms with Gasteiger partial charge in [0, 0.05) is 24.3 Å². The molecule has 96 valence electrons. The third-order valence-corrected chi connectivity index (χ3v) is 2.73. The fourth-order valence-corrected chi connectivity index (χ4v) is 1.58. The molecule has 0 aliphatic rings. The summed E-state index contributed by atoms with van der Waals surface area (Å²) in [6, 6.07) is 6.29. The summed E-state index contributed by atoms with van der Waals surface area (Å²) >= 11 is 0. The van der Waals surface area contributed by atoms with Gasteiger partial charge in [0.15, 0.2) is 0 Å². The smallest absolute Gasteiger partial charge is 0.289 e. The van der Waals surface area contributed by atoms with Crippen LogP contribution in [0.25, 0.3) is 0 Å². The minimum absolute atomic E-state index is 0.0394. The Hall–Kier alpha value is -2.13. The van der Waals surface area contributed by atoms with E-state index in [1.807, 2.05) is 13.8 Å². The molecule has 0 spiro atoms. The second kappa shape index (κ2) is 5.98. The summed E-state index contributed by atoms with van der Waals surface area (Å²) in [4.78, 5) is 10.3. The van der Waals surface area contributed by atoms with Gasteiger partial charge in [-0.2, -0.15) is 5.26 Å². The number of anilines is 1. The van der Waals surface area contributed by atoms with Gasteiger partial charge in [-0.25, -0.2) is 0 Å². The molecule has 3 N–H and O–H groups in total. The molecule has 0 saturated heterocycles. The zero-order chi connectivity index (χ0) is 13.7. The van der Waals surface area contributed by atoms with Crippen LogP contribution >= 0.6 is 0 Å². The van der Waals surface area contributed by atoms with Gasteiger partial charge in [0.1, 0.15) is 11.6 Å². The van der Waals surface area contributed by atoms with Crippen molar-refractivity contribution in [3.8, 4) is 6.07 Å². The highest BCUT2D eigenvalue weighted by molar-refractivity contribution is 5.59. The Bertz CT molecular complexity index is 479. The molecule has 0 saturated carbocycles. The van der Waals surface area contributed by atoms with E-state index in [9.17, 15) is 10.1 Å². The maximum atomic E-state index is 10.8. The second-order valence-corrected chi connectivity index (χ2v) is 4.33. The van der Waals surface area contributed by atoms with Crippen molar-refractivity contribution >= 4 is 11.4 Å². The molecule has 0 aromatic heterocycles. The molecule has 1 aromatic carbocycles. The molecule has 0 aliphatic carbocycles. The van der Waals surface area contributed by atoms with Crippen LogP contribution in [0.2, 0.25) is 0 Å². The molecular weight excluding hydrogens is 232 g/mol. The molecule has 0 radical (unpaired) electrons. The summed E-state index contributed by atoms with van der Waals surface area (Å²) in [6.45, 7) is 4.47. The molecule has 0 aliphatic heterocycles. The first-order chi connectivity index (χ1) is 8.49. The van der Waals surface area contributed by atoms with Crippen molar-refractivity contribution in [2.45, 2.75) is 19.9 Å². The lowest BCUT2D eigenvalue weighted by atomic mass is 10.0. The van der Waals surface area contributed by atoms with Gasteiger partial charge in [0.05, 0.1) is 4.92 Å². The van der Waals surface area contributed by atoms with Gasteiger partial charge < -0.3 is 11.1 Å². The summed E-state index contributed by atoms with van der Waals surface area (Å²) in [5.41, 5.74) is 6.09. The van der Waals surface area contributed by atoms with Crippen LogP contribution in [0.3, 0.4) is 0 Å². The second-order valence-electron chi connectivity index (χ2n) is 4.33. The molecule has 1 aromatic rings. The molecule has 1 atom stereocenters. The topological polar surface area (TPSA) is 105 Å². The van der Waals surface area contributed by atoms with Crippen LogP contribution < -0.4 is 11.1 Å². The molecular formula is C12H16N4O2. The maximum Gasteiger partial charge on any atom is 0.289 e. The number of hydrogen-bond donors (Lipinski definition) is 2. The van der Waals surface area contributed by atoms with E-state index in [1.54, 1.807) is 12.1 Å². The predicted octanol–water partition coefficient (Wildman–Crippen LogP) is 1.86. The highest BCUT2D eigenvalue weighted by Crippen LogP contribution is 2.23. The van der Waals surface area contributed by atoms with Crippen LogP contribution in [0.15, 0.2) is 18.2 Å². The fourth-order valence-electron chi connectivity index (χ4n) is 1.58. The monoisotopic (exact) mass is 248 g/mol. The normalized spacial score (nSPS) is 11.9. The van der Waals surface area contributed by atoms with Crippen molar-refractivity contribution in [3.63, 3.8) is 0 Å². The van der Waals surface area contributed by atoms with Crippen molar-refractivity contribution in [2.24, 2.45) is 11.7 Å². The highest BCUT2D eigenvalue weighted by atomic mass is 16.6. The van der Waals surface area contributed by atoms with Crippen LogP contribution in [0.4, 0.5) is 11.4 Å². The van der Waals surface area contributed by atoms with E-state index in [0.29, 0.717) is 18.2 Å². The summed E-state index contributed by atoms with van der Waals surface area (Å²) in [7, 11) is 0. The number of nitro groups is 1. The van der Waals surface area contributed by atoms with Gasteiger partial charge in [-0.1, -0.05) is 13.8 Å². The lowest BCUT2D eigenvalue weighted by Gasteiger charge is -2.21. The molecule has 0 fully saturated rings. The number of benzene rings is 1. The van der Waals surface area contributed by atoms with Gasteiger partial charge in [-0.3, -0.25) is 10.1 Å². The standard InChI is InChI=1S/C12H16N4O2/c1-8(2)11(7-14)15-10-4-3-9(6-13)12(5-10)16(17)18/h3-5,8,11,15H,7,14H2,1-2H3. The SMILES string of the molecule is CC(C)C(CN)Nc1ccc(C#N)c([N+](=O)[O-])c1. The molecule has 0 bridgehead atoms. The summed E-state index contributed by atoms with van der Waals surface area (Å²) in [5, 5.41) is 22.7. The molecule has 18 heavy (non-hydrogen) atoms. The van der Waals surface area contributed by atoms with E-state index in [-0.39, 0.29) is 17.3 Å². The van der Waals surface area contributed by atoms with E-state index in [0.717, 1.165) is 0 Å². The van der Waals surface area contributed by atoms with E-state index in [4.69, 9.17) is 11.0 Å². The van der Waals surface area contributed by atoms with Gasteiger partial charge in [0.2, 0.25) is 0 Å². The summed E-state index contributed by atoms with van der Waals surface area (Å²) in [5.74, 6) is 0.310. The Balaban J connectivity index is 3.02. The third kappa shape index (κ3) is 3.18. The average Bonchev–Trinajstić information content (AvgIpc) is 2.35. The van der Waals surface area contributed by atoms with Crippen LogP contribution in [0.1, 0.15) is 19.4 Å². The number of nitro benzene ring substituents is 1. The van der Waals surface area contributed by atoms with Crippen molar-refractivity contribution in [3.05, 3.63) is 33.9 Å². The molecule has 6 heteroatoms.